The molecule has 3 heteroatoms. The lowest BCUT2D eigenvalue weighted by Gasteiger charge is -2.10. The van der Waals surface area contributed by atoms with E-state index in [1.165, 1.54) is 5.56 Å². The lowest BCUT2D eigenvalue weighted by atomic mass is 10.1. The Labute approximate surface area is 101 Å². The van der Waals surface area contributed by atoms with Gasteiger partial charge >= 0.3 is 0 Å². The molecular formula is C14H16N2O. The van der Waals surface area contributed by atoms with Gasteiger partial charge in [0.1, 0.15) is 6.54 Å². The summed E-state index contributed by atoms with van der Waals surface area (Å²) in [6.07, 6.45) is 3.76. The first-order valence-electron chi connectivity index (χ1n) is 5.63. The molecule has 0 saturated carbocycles. The van der Waals surface area contributed by atoms with Gasteiger partial charge in [-0.15, -0.1) is 0 Å². The van der Waals surface area contributed by atoms with Crippen molar-refractivity contribution in [2.24, 2.45) is 0 Å². The summed E-state index contributed by atoms with van der Waals surface area (Å²) in [5.41, 5.74) is 3.19. The third-order valence-corrected chi connectivity index (χ3v) is 2.87. The number of benzene rings is 1. The minimum Gasteiger partial charge on any atom is -0.345 e. The van der Waals surface area contributed by atoms with Crippen LogP contribution in [0.2, 0.25) is 0 Å². The average Bonchev–Trinajstić information content (AvgIpc) is 2.77. The molecule has 0 radical (unpaired) electrons. The Morgan fingerprint density at radius 2 is 1.88 bits per heavy atom. The van der Waals surface area contributed by atoms with Crippen LogP contribution in [-0.4, -0.2) is 10.5 Å². The lowest BCUT2D eigenvalue weighted by Crippen LogP contribution is -2.18. The molecular weight excluding hydrogens is 212 g/mol. The number of hydrogen-bond donors (Lipinski definition) is 1. The van der Waals surface area contributed by atoms with Crippen molar-refractivity contribution in [1.82, 2.24) is 4.57 Å². The van der Waals surface area contributed by atoms with Crippen LogP contribution in [0.1, 0.15) is 11.1 Å². The third kappa shape index (κ3) is 2.75. The summed E-state index contributed by atoms with van der Waals surface area (Å²) in [7, 11) is 0. The SMILES string of the molecule is Cc1cccc(NC(=O)Cn2cccc2)c1C. The Bertz CT molecular complexity index is 515. The quantitative estimate of drug-likeness (QED) is 0.861. The van der Waals surface area contributed by atoms with Gasteiger partial charge in [0.15, 0.2) is 0 Å². The average molecular weight is 228 g/mol. The molecule has 0 spiro atoms. The number of hydrogen-bond acceptors (Lipinski definition) is 1. The van der Waals surface area contributed by atoms with Gasteiger partial charge in [-0.25, -0.2) is 0 Å². The first-order valence-corrected chi connectivity index (χ1v) is 5.63. The first kappa shape index (κ1) is 11.5. The van der Waals surface area contributed by atoms with Crippen LogP contribution in [0.3, 0.4) is 0 Å². The van der Waals surface area contributed by atoms with Gasteiger partial charge < -0.3 is 9.88 Å². The summed E-state index contributed by atoms with van der Waals surface area (Å²) in [6.45, 7) is 4.40. The van der Waals surface area contributed by atoms with Crippen molar-refractivity contribution in [2.75, 3.05) is 5.32 Å². The topological polar surface area (TPSA) is 34.0 Å². The molecule has 88 valence electrons. The van der Waals surface area contributed by atoms with Crippen molar-refractivity contribution in [3.8, 4) is 0 Å². The van der Waals surface area contributed by atoms with E-state index in [0.29, 0.717) is 6.54 Å². The Morgan fingerprint density at radius 1 is 1.18 bits per heavy atom. The van der Waals surface area contributed by atoms with Crippen molar-refractivity contribution in [1.29, 1.82) is 0 Å². The van der Waals surface area contributed by atoms with Gasteiger partial charge in [-0.2, -0.15) is 0 Å². The zero-order valence-corrected chi connectivity index (χ0v) is 10.1. The van der Waals surface area contributed by atoms with Crippen LogP contribution in [0.5, 0.6) is 0 Å². The van der Waals surface area contributed by atoms with Crippen LogP contribution in [0, 0.1) is 13.8 Å². The summed E-state index contributed by atoms with van der Waals surface area (Å²) >= 11 is 0. The van der Waals surface area contributed by atoms with Crippen LogP contribution < -0.4 is 5.32 Å². The van der Waals surface area contributed by atoms with E-state index < -0.39 is 0 Å². The summed E-state index contributed by atoms with van der Waals surface area (Å²) in [4.78, 5) is 11.8. The van der Waals surface area contributed by atoms with Gasteiger partial charge in [0.05, 0.1) is 0 Å². The van der Waals surface area contributed by atoms with Gasteiger partial charge in [-0.1, -0.05) is 12.1 Å². The molecule has 0 atom stereocenters. The van der Waals surface area contributed by atoms with Crippen molar-refractivity contribution in [3.05, 3.63) is 53.9 Å². The second kappa shape index (κ2) is 4.87. The first-order chi connectivity index (χ1) is 8.16. The Balaban J connectivity index is 2.06. The molecule has 1 heterocycles. The van der Waals surface area contributed by atoms with Crippen molar-refractivity contribution >= 4 is 11.6 Å². The highest BCUT2D eigenvalue weighted by Crippen LogP contribution is 2.17. The summed E-state index contributed by atoms with van der Waals surface area (Å²) < 4.78 is 1.85. The van der Waals surface area contributed by atoms with E-state index >= 15 is 0 Å². The number of rotatable bonds is 3. The zero-order valence-electron chi connectivity index (χ0n) is 10.1. The predicted molar refractivity (Wildman–Crippen MR) is 69.0 cm³/mol. The molecule has 0 unspecified atom stereocenters. The van der Waals surface area contributed by atoms with Gasteiger partial charge in [0, 0.05) is 18.1 Å². The molecule has 3 nitrogen and oxygen atoms in total. The summed E-state index contributed by atoms with van der Waals surface area (Å²) in [5, 5.41) is 2.93. The highest BCUT2D eigenvalue weighted by Gasteiger charge is 2.05. The number of aromatic nitrogens is 1. The second-order valence-electron chi connectivity index (χ2n) is 4.15. The zero-order chi connectivity index (χ0) is 12.3. The highest BCUT2D eigenvalue weighted by molar-refractivity contribution is 5.91. The molecule has 1 aromatic heterocycles. The van der Waals surface area contributed by atoms with E-state index in [4.69, 9.17) is 0 Å². The maximum atomic E-state index is 11.8. The van der Waals surface area contributed by atoms with E-state index in [0.717, 1.165) is 11.3 Å². The second-order valence-corrected chi connectivity index (χ2v) is 4.15. The number of aryl methyl sites for hydroxylation is 1. The minimum absolute atomic E-state index is 0.00472. The third-order valence-electron chi connectivity index (χ3n) is 2.87. The highest BCUT2D eigenvalue weighted by atomic mass is 16.1. The molecule has 17 heavy (non-hydrogen) atoms. The molecule has 0 aliphatic rings. The molecule has 0 aliphatic heterocycles. The van der Waals surface area contributed by atoms with Crippen LogP contribution in [0.4, 0.5) is 5.69 Å². The maximum Gasteiger partial charge on any atom is 0.244 e. The van der Waals surface area contributed by atoms with Crippen molar-refractivity contribution < 1.29 is 4.79 Å². The van der Waals surface area contributed by atoms with Crippen LogP contribution in [0.15, 0.2) is 42.7 Å². The fourth-order valence-electron chi connectivity index (χ4n) is 1.72. The minimum atomic E-state index is -0.00472. The molecule has 1 aromatic carbocycles. The van der Waals surface area contributed by atoms with Gasteiger partial charge in [0.25, 0.3) is 0 Å². The standard InChI is InChI=1S/C14H16N2O/c1-11-6-5-7-13(12(11)2)15-14(17)10-16-8-3-4-9-16/h3-9H,10H2,1-2H3,(H,15,17). The molecule has 0 fully saturated rings. The van der Waals surface area contributed by atoms with Gasteiger partial charge in [0.2, 0.25) is 5.91 Å². The largest absolute Gasteiger partial charge is 0.345 e. The number of carbonyl (C=O) groups excluding carboxylic acids is 1. The smallest absolute Gasteiger partial charge is 0.244 e. The number of carbonyl (C=O) groups is 1. The molecule has 0 bridgehead atoms. The van der Waals surface area contributed by atoms with Crippen LogP contribution in [-0.2, 0) is 11.3 Å². The lowest BCUT2D eigenvalue weighted by molar-refractivity contribution is -0.116. The predicted octanol–water partition coefficient (Wildman–Crippen LogP) is 2.74. The Hall–Kier alpha value is -2.03. The molecule has 0 saturated heterocycles. The van der Waals surface area contributed by atoms with E-state index in [1.54, 1.807) is 0 Å². The normalized spacial score (nSPS) is 10.2. The molecule has 0 aliphatic carbocycles. The Kier molecular flexibility index (Phi) is 3.28. The molecule has 1 N–H and O–H groups in total. The molecule has 1 amide bonds. The van der Waals surface area contributed by atoms with Crippen LogP contribution in [0.25, 0.3) is 0 Å². The van der Waals surface area contributed by atoms with E-state index in [-0.39, 0.29) is 5.91 Å². The van der Waals surface area contributed by atoms with Gasteiger partial charge in [-0.3, -0.25) is 4.79 Å². The molecule has 2 aromatic rings. The number of amides is 1. The Morgan fingerprint density at radius 3 is 2.59 bits per heavy atom. The fourth-order valence-corrected chi connectivity index (χ4v) is 1.72. The van der Waals surface area contributed by atoms with Gasteiger partial charge in [-0.05, 0) is 43.2 Å². The fraction of sp³-hybridized carbons (Fsp3) is 0.214. The number of nitrogens with zero attached hydrogens (tertiary/aromatic N) is 1. The molecule has 2 rings (SSSR count). The number of anilines is 1. The number of nitrogens with one attached hydrogen (secondary N) is 1. The maximum absolute atomic E-state index is 11.8. The van der Waals surface area contributed by atoms with E-state index in [1.807, 2.05) is 61.1 Å². The van der Waals surface area contributed by atoms with Crippen LogP contribution >= 0.6 is 0 Å². The summed E-state index contributed by atoms with van der Waals surface area (Å²) in [5.74, 6) is -0.00472. The van der Waals surface area contributed by atoms with Crippen molar-refractivity contribution in [3.63, 3.8) is 0 Å². The summed E-state index contributed by atoms with van der Waals surface area (Å²) in [6, 6.07) is 9.73. The van der Waals surface area contributed by atoms with E-state index in [9.17, 15) is 4.79 Å². The monoisotopic (exact) mass is 228 g/mol. The van der Waals surface area contributed by atoms with Crippen molar-refractivity contribution in [2.45, 2.75) is 20.4 Å². The van der Waals surface area contributed by atoms with E-state index in [2.05, 4.69) is 5.32 Å².